The van der Waals surface area contributed by atoms with Crippen LogP contribution in [0.4, 0.5) is 0 Å². The van der Waals surface area contributed by atoms with Crippen LogP contribution in [0, 0.1) is 0 Å². The quantitative estimate of drug-likeness (QED) is 0.719. The van der Waals surface area contributed by atoms with Crippen LogP contribution >= 0.6 is 11.8 Å². The fourth-order valence-electron chi connectivity index (χ4n) is 1.38. The maximum absolute atomic E-state index is 11.0. The number of ketones is 1. The fraction of sp³-hybridized carbons (Fsp3) is 0.417. The van der Waals surface area contributed by atoms with Gasteiger partial charge < -0.3 is 4.74 Å². The van der Waals surface area contributed by atoms with Gasteiger partial charge in [-0.2, -0.15) is 0 Å². The lowest BCUT2D eigenvalue weighted by atomic mass is 10.1. The third-order valence-electron chi connectivity index (χ3n) is 1.98. The van der Waals surface area contributed by atoms with E-state index in [9.17, 15) is 4.79 Å². The molecular formula is C12H16O2S. The summed E-state index contributed by atoms with van der Waals surface area (Å²) in [4.78, 5) is 12.1. The minimum atomic E-state index is 0.186. The average molecular weight is 224 g/mol. The lowest BCUT2D eigenvalue weighted by molar-refractivity contribution is -0.116. The number of rotatable bonds is 5. The van der Waals surface area contributed by atoms with Crippen LogP contribution in [0.25, 0.3) is 0 Å². The molecule has 82 valence electrons. The summed E-state index contributed by atoms with van der Waals surface area (Å²) < 4.78 is 5.48. The van der Waals surface area contributed by atoms with Crippen LogP contribution in [0.1, 0.15) is 19.4 Å². The van der Waals surface area contributed by atoms with Crippen molar-refractivity contribution in [1.29, 1.82) is 0 Å². The van der Waals surface area contributed by atoms with Crippen molar-refractivity contribution < 1.29 is 9.53 Å². The number of benzene rings is 1. The number of hydrogen-bond acceptors (Lipinski definition) is 3. The lowest BCUT2D eigenvalue weighted by Crippen LogP contribution is -1.98. The van der Waals surface area contributed by atoms with Crippen LogP contribution in [0.2, 0.25) is 0 Å². The molecule has 0 saturated carbocycles. The molecule has 0 fully saturated rings. The van der Waals surface area contributed by atoms with Gasteiger partial charge >= 0.3 is 0 Å². The number of ether oxygens (including phenoxy) is 1. The molecule has 0 saturated heterocycles. The molecular weight excluding hydrogens is 208 g/mol. The molecule has 0 aliphatic carbocycles. The summed E-state index contributed by atoms with van der Waals surface area (Å²) in [6.45, 7) is 4.24. The zero-order valence-corrected chi connectivity index (χ0v) is 10.2. The Morgan fingerprint density at radius 3 is 2.73 bits per heavy atom. The molecule has 0 bridgehead atoms. The van der Waals surface area contributed by atoms with Crippen LogP contribution < -0.4 is 4.74 Å². The Bertz CT molecular complexity index is 347. The van der Waals surface area contributed by atoms with Crippen LogP contribution in [0.3, 0.4) is 0 Å². The number of thioether (sulfide) groups is 1. The van der Waals surface area contributed by atoms with Gasteiger partial charge in [0.15, 0.2) is 0 Å². The fourth-order valence-corrected chi connectivity index (χ4v) is 1.98. The van der Waals surface area contributed by atoms with Crippen molar-refractivity contribution in [2.45, 2.75) is 25.2 Å². The molecule has 0 amide bonds. The predicted molar refractivity (Wildman–Crippen MR) is 63.8 cm³/mol. The van der Waals surface area contributed by atoms with Gasteiger partial charge in [-0.15, -0.1) is 11.8 Å². The first-order valence-electron chi connectivity index (χ1n) is 4.96. The topological polar surface area (TPSA) is 26.3 Å². The van der Waals surface area contributed by atoms with E-state index < -0.39 is 0 Å². The van der Waals surface area contributed by atoms with Gasteiger partial charge in [-0.25, -0.2) is 0 Å². The minimum Gasteiger partial charge on any atom is -0.493 e. The van der Waals surface area contributed by atoms with Gasteiger partial charge in [0.05, 0.1) is 6.61 Å². The highest BCUT2D eigenvalue weighted by atomic mass is 32.2. The van der Waals surface area contributed by atoms with E-state index in [1.807, 2.05) is 31.4 Å². The van der Waals surface area contributed by atoms with Gasteiger partial charge in [-0.1, -0.05) is 6.07 Å². The molecule has 2 nitrogen and oxygen atoms in total. The normalized spacial score (nSPS) is 10.1. The van der Waals surface area contributed by atoms with Crippen molar-refractivity contribution in [3.05, 3.63) is 23.8 Å². The Morgan fingerprint density at radius 1 is 1.47 bits per heavy atom. The van der Waals surface area contributed by atoms with Crippen molar-refractivity contribution in [3.63, 3.8) is 0 Å². The molecule has 0 radical (unpaired) electrons. The van der Waals surface area contributed by atoms with Gasteiger partial charge in [0.2, 0.25) is 0 Å². The third-order valence-corrected chi connectivity index (χ3v) is 2.74. The molecule has 1 aromatic rings. The van der Waals surface area contributed by atoms with Gasteiger partial charge in [0.25, 0.3) is 0 Å². The second-order valence-corrected chi connectivity index (χ2v) is 4.15. The standard InChI is InChI=1S/C12H16O2S/c1-4-14-11-6-5-10(7-9(2)13)8-12(11)15-3/h5-6,8H,4,7H2,1-3H3. The highest BCUT2D eigenvalue weighted by Crippen LogP contribution is 2.28. The van der Waals surface area contributed by atoms with E-state index in [-0.39, 0.29) is 5.78 Å². The van der Waals surface area contributed by atoms with Crippen molar-refractivity contribution >= 4 is 17.5 Å². The second kappa shape index (κ2) is 5.81. The molecule has 3 heteroatoms. The molecule has 0 spiro atoms. The summed E-state index contributed by atoms with van der Waals surface area (Å²) >= 11 is 1.64. The number of Topliss-reactive ketones (excluding diaryl/α,β-unsaturated/α-hetero) is 1. The molecule has 0 aliphatic rings. The number of carbonyl (C=O) groups excluding carboxylic acids is 1. The van der Waals surface area contributed by atoms with E-state index >= 15 is 0 Å². The first kappa shape index (κ1) is 12.1. The zero-order chi connectivity index (χ0) is 11.3. The SMILES string of the molecule is CCOc1ccc(CC(C)=O)cc1SC. The van der Waals surface area contributed by atoms with Crippen molar-refractivity contribution in [1.82, 2.24) is 0 Å². The summed E-state index contributed by atoms with van der Waals surface area (Å²) in [5, 5.41) is 0. The highest BCUT2D eigenvalue weighted by Gasteiger charge is 2.05. The van der Waals surface area contributed by atoms with E-state index in [4.69, 9.17) is 4.74 Å². The summed E-state index contributed by atoms with van der Waals surface area (Å²) in [6.07, 6.45) is 2.51. The predicted octanol–water partition coefficient (Wildman–Crippen LogP) is 2.94. The Balaban J connectivity index is 2.91. The van der Waals surface area contributed by atoms with E-state index in [1.54, 1.807) is 18.7 Å². The van der Waals surface area contributed by atoms with Gasteiger partial charge in [-0.3, -0.25) is 4.79 Å². The average Bonchev–Trinajstić information content (AvgIpc) is 2.20. The van der Waals surface area contributed by atoms with Crippen molar-refractivity contribution in [3.8, 4) is 5.75 Å². The molecule has 0 heterocycles. The van der Waals surface area contributed by atoms with E-state index in [0.717, 1.165) is 16.2 Å². The number of hydrogen-bond donors (Lipinski definition) is 0. The van der Waals surface area contributed by atoms with E-state index in [2.05, 4.69) is 0 Å². The van der Waals surface area contributed by atoms with E-state index in [1.165, 1.54) is 0 Å². The Morgan fingerprint density at radius 2 is 2.20 bits per heavy atom. The summed E-state index contributed by atoms with van der Waals surface area (Å²) in [5.74, 6) is 1.09. The minimum absolute atomic E-state index is 0.186. The molecule has 0 unspecified atom stereocenters. The van der Waals surface area contributed by atoms with Crippen LogP contribution in [-0.4, -0.2) is 18.6 Å². The molecule has 0 atom stereocenters. The van der Waals surface area contributed by atoms with Crippen LogP contribution in [0.15, 0.2) is 23.1 Å². The molecule has 0 aromatic heterocycles. The number of carbonyl (C=O) groups is 1. The molecule has 1 rings (SSSR count). The van der Waals surface area contributed by atoms with Crippen LogP contribution in [-0.2, 0) is 11.2 Å². The Hall–Kier alpha value is -0.960. The van der Waals surface area contributed by atoms with E-state index in [0.29, 0.717) is 13.0 Å². The smallest absolute Gasteiger partial charge is 0.134 e. The van der Waals surface area contributed by atoms with Gasteiger partial charge in [-0.05, 0) is 37.8 Å². The second-order valence-electron chi connectivity index (χ2n) is 3.30. The molecule has 15 heavy (non-hydrogen) atoms. The zero-order valence-electron chi connectivity index (χ0n) is 9.37. The largest absolute Gasteiger partial charge is 0.493 e. The maximum Gasteiger partial charge on any atom is 0.134 e. The molecule has 0 N–H and O–H groups in total. The first-order chi connectivity index (χ1) is 7.17. The van der Waals surface area contributed by atoms with Gasteiger partial charge in [0, 0.05) is 11.3 Å². The van der Waals surface area contributed by atoms with Crippen molar-refractivity contribution in [2.24, 2.45) is 0 Å². The lowest BCUT2D eigenvalue weighted by Gasteiger charge is -2.09. The highest BCUT2D eigenvalue weighted by molar-refractivity contribution is 7.98. The molecule has 0 aliphatic heterocycles. The third kappa shape index (κ3) is 3.59. The summed E-state index contributed by atoms with van der Waals surface area (Å²) in [6, 6.07) is 5.91. The van der Waals surface area contributed by atoms with Crippen LogP contribution in [0.5, 0.6) is 5.75 Å². The van der Waals surface area contributed by atoms with Gasteiger partial charge in [0.1, 0.15) is 11.5 Å². The summed E-state index contributed by atoms with van der Waals surface area (Å²) in [7, 11) is 0. The maximum atomic E-state index is 11.0. The first-order valence-corrected chi connectivity index (χ1v) is 6.19. The molecule has 1 aromatic carbocycles. The van der Waals surface area contributed by atoms with Crippen molar-refractivity contribution in [2.75, 3.05) is 12.9 Å². The Kier molecular flexibility index (Phi) is 4.69. The Labute approximate surface area is 95.0 Å². The summed E-state index contributed by atoms with van der Waals surface area (Å²) in [5.41, 5.74) is 1.05. The monoisotopic (exact) mass is 224 g/mol.